The molecule has 0 unspecified atom stereocenters. The Kier molecular flexibility index (Phi) is 7.94. The highest BCUT2D eigenvalue weighted by atomic mass is 16.5. The third kappa shape index (κ3) is 4.87. The molecule has 5 rings (SSSR count). The molecule has 8 heteroatoms. The molecule has 2 heterocycles. The Bertz CT molecular complexity index is 1550. The van der Waals surface area contributed by atoms with Crippen molar-refractivity contribution < 1.29 is 29.0 Å². The fraction of sp³-hybridized carbons (Fsp3) is 0.412. The molecule has 2 aromatic rings. The number of rotatable bonds is 3. The van der Waals surface area contributed by atoms with E-state index in [4.69, 9.17) is 4.74 Å². The van der Waals surface area contributed by atoms with Crippen molar-refractivity contribution in [1.82, 2.24) is 10.3 Å². The van der Waals surface area contributed by atoms with E-state index >= 15 is 0 Å². The Morgan fingerprint density at radius 3 is 2.64 bits per heavy atom. The van der Waals surface area contributed by atoms with Crippen LogP contribution in [0.15, 0.2) is 78.6 Å². The highest BCUT2D eigenvalue weighted by Crippen LogP contribution is 2.56. The quantitative estimate of drug-likeness (QED) is 0.289. The number of ether oxygens (including phenoxy) is 1. The van der Waals surface area contributed by atoms with Gasteiger partial charge in [-0.1, -0.05) is 56.9 Å². The summed E-state index contributed by atoms with van der Waals surface area (Å²) in [7, 11) is 0. The summed E-state index contributed by atoms with van der Waals surface area (Å²) in [6.07, 6.45) is 8.34. The topological polar surface area (TPSA) is 126 Å². The molecule has 220 valence electrons. The lowest BCUT2D eigenvalue weighted by atomic mass is 9.52. The molecule has 2 aliphatic carbocycles. The van der Waals surface area contributed by atoms with Crippen LogP contribution in [-0.4, -0.2) is 51.8 Å². The fourth-order valence-electron chi connectivity index (χ4n) is 7.32. The Labute approximate surface area is 245 Å². The molecular weight excluding hydrogens is 532 g/mol. The minimum Gasteiger partial charge on any atom is -0.450 e. The van der Waals surface area contributed by atoms with Gasteiger partial charge in [0.1, 0.15) is 5.41 Å². The van der Waals surface area contributed by atoms with Gasteiger partial charge in [0.15, 0.2) is 11.9 Å². The molecule has 42 heavy (non-hydrogen) atoms. The van der Waals surface area contributed by atoms with Gasteiger partial charge in [-0.25, -0.2) is 0 Å². The number of amides is 1. The van der Waals surface area contributed by atoms with E-state index in [9.17, 15) is 24.3 Å². The van der Waals surface area contributed by atoms with Crippen molar-refractivity contribution in [2.75, 3.05) is 0 Å². The van der Waals surface area contributed by atoms with E-state index in [1.807, 2.05) is 56.5 Å². The average Bonchev–Trinajstić information content (AvgIpc) is 3.49. The number of fused-ring (bicyclic) bond motifs is 1. The number of H-pyrrole nitrogens is 1. The van der Waals surface area contributed by atoms with Crippen LogP contribution in [0.25, 0.3) is 10.9 Å². The standard InChI is InChI=1S/C34H38N2O6/c1-18-9-8-11-25-31(40)21(4)20(3)30-27(16-23-17-35-26-12-7-6-10-24(23)26)36-33(41)34(25,30)29(39)14-13-28(38)32(19(2)15-18)42-22(5)37/h6-8,10-15,17-18,20,25,27,30-32,35,40H,4,9,16H2,1-3,5H3,(H,36,41)/b11-8-,14-13+,19-15-/t18-,20+,25-,27-,30-,31+,32+,34+/m0/s1. The first-order chi connectivity index (χ1) is 20.0. The van der Waals surface area contributed by atoms with E-state index in [0.29, 0.717) is 24.0 Å². The third-order valence-electron chi connectivity index (χ3n) is 9.30. The lowest BCUT2D eigenvalue weighted by Gasteiger charge is -2.48. The lowest BCUT2D eigenvalue weighted by molar-refractivity contribution is -0.149. The van der Waals surface area contributed by atoms with Gasteiger partial charge in [0.2, 0.25) is 11.7 Å². The van der Waals surface area contributed by atoms with Crippen molar-refractivity contribution in [2.45, 2.75) is 58.8 Å². The second-order valence-electron chi connectivity index (χ2n) is 12.0. The molecule has 1 aromatic heterocycles. The van der Waals surface area contributed by atoms with Crippen LogP contribution in [0.3, 0.4) is 0 Å². The van der Waals surface area contributed by atoms with E-state index < -0.39 is 58.9 Å². The number of aromatic nitrogens is 1. The fourth-order valence-corrected chi connectivity index (χ4v) is 7.32. The van der Waals surface area contributed by atoms with Crippen molar-refractivity contribution >= 4 is 34.3 Å². The number of aliphatic hydroxyl groups is 1. The summed E-state index contributed by atoms with van der Waals surface area (Å²) in [5.74, 6) is -4.07. The molecule has 1 amide bonds. The summed E-state index contributed by atoms with van der Waals surface area (Å²) in [6, 6.07) is 7.48. The molecule has 0 bridgehead atoms. The number of aliphatic hydroxyl groups excluding tert-OH is 1. The highest BCUT2D eigenvalue weighted by molar-refractivity contribution is 6.15. The normalized spacial score (nSPS) is 36.4. The maximum absolute atomic E-state index is 14.3. The van der Waals surface area contributed by atoms with Gasteiger partial charge in [0.05, 0.1) is 6.10 Å². The van der Waals surface area contributed by atoms with Crippen molar-refractivity contribution in [3.8, 4) is 0 Å². The van der Waals surface area contributed by atoms with E-state index in [2.05, 4.69) is 16.9 Å². The molecule has 8 atom stereocenters. The monoisotopic (exact) mass is 570 g/mol. The summed E-state index contributed by atoms with van der Waals surface area (Å²) >= 11 is 0. The van der Waals surface area contributed by atoms with E-state index in [0.717, 1.165) is 28.6 Å². The predicted molar refractivity (Wildman–Crippen MR) is 159 cm³/mol. The molecule has 8 nitrogen and oxygen atoms in total. The molecule has 1 aliphatic heterocycles. The molecule has 1 saturated carbocycles. The molecule has 0 radical (unpaired) electrons. The van der Waals surface area contributed by atoms with Crippen LogP contribution in [0.1, 0.15) is 39.7 Å². The molecule has 3 aliphatic rings. The van der Waals surface area contributed by atoms with Gasteiger partial charge >= 0.3 is 5.97 Å². The van der Waals surface area contributed by atoms with E-state index in [1.165, 1.54) is 6.92 Å². The number of aromatic amines is 1. The number of hydrogen-bond acceptors (Lipinski definition) is 6. The van der Waals surface area contributed by atoms with Crippen molar-refractivity contribution in [3.63, 3.8) is 0 Å². The van der Waals surface area contributed by atoms with Crippen molar-refractivity contribution in [3.05, 3.63) is 84.1 Å². The summed E-state index contributed by atoms with van der Waals surface area (Å²) in [5, 5.41) is 15.7. The Hall–Kier alpha value is -4.04. The van der Waals surface area contributed by atoms with Crippen LogP contribution in [0.5, 0.6) is 0 Å². The smallest absolute Gasteiger partial charge is 0.303 e. The SMILES string of the molecule is C=C1[C@@H](C)[C@H]2[C@H](Cc3c[nH]c4ccccc34)NC(=O)[C@]23C(=O)/C=C/C(=O)[C@H](OC(C)=O)/C(C)=C\[C@@H](C)C/C=C\[C@H]3[C@@H]1O. The number of carbonyl (C=O) groups is 4. The molecular formula is C34H38N2O6. The number of hydrogen-bond donors (Lipinski definition) is 3. The number of ketones is 2. The first-order valence-corrected chi connectivity index (χ1v) is 14.5. The van der Waals surface area contributed by atoms with Gasteiger partial charge in [-0.2, -0.15) is 0 Å². The van der Waals surface area contributed by atoms with Crippen molar-refractivity contribution in [2.24, 2.45) is 29.1 Å². The van der Waals surface area contributed by atoms with Gasteiger partial charge in [-0.15, -0.1) is 0 Å². The van der Waals surface area contributed by atoms with Gasteiger partial charge in [0.25, 0.3) is 0 Å². The Morgan fingerprint density at radius 2 is 1.90 bits per heavy atom. The average molecular weight is 571 g/mol. The Morgan fingerprint density at radius 1 is 1.17 bits per heavy atom. The molecule has 1 spiro atoms. The number of nitrogens with one attached hydrogen (secondary N) is 2. The number of allylic oxidation sites excluding steroid dienone is 3. The minimum absolute atomic E-state index is 0.0471. The number of esters is 1. The molecule has 1 aromatic carbocycles. The lowest BCUT2D eigenvalue weighted by Crippen LogP contribution is -2.58. The molecule has 1 saturated heterocycles. The molecule has 3 N–H and O–H groups in total. The second-order valence-corrected chi connectivity index (χ2v) is 12.0. The van der Waals surface area contributed by atoms with Gasteiger partial charge in [-0.3, -0.25) is 19.2 Å². The summed E-state index contributed by atoms with van der Waals surface area (Å²) in [5.41, 5.74) is 1.44. The number of carbonyl (C=O) groups excluding carboxylic acids is 4. The van der Waals surface area contributed by atoms with Gasteiger partial charge in [-0.05, 0) is 66.5 Å². The Balaban J connectivity index is 1.62. The highest BCUT2D eigenvalue weighted by Gasteiger charge is 2.68. The maximum atomic E-state index is 14.3. The summed E-state index contributed by atoms with van der Waals surface area (Å²) in [6.45, 7) is 11.0. The zero-order chi connectivity index (χ0) is 30.3. The van der Waals surface area contributed by atoms with Crippen LogP contribution in [-0.2, 0) is 30.3 Å². The number of benzene rings is 1. The van der Waals surface area contributed by atoms with Crippen LogP contribution in [0, 0.1) is 29.1 Å². The van der Waals surface area contributed by atoms with Crippen LogP contribution >= 0.6 is 0 Å². The largest absolute Gasteiger partial charge is 0.450 e. The zero-order valence-electron chi connectivity index (χ0n) is 24.4. The third-order valence-corrected chi connectivity index (χ3v) is 9.30. The molecule has 2 fully saturated rings. The second kappa shape index (κ2) is 11.3. The minimum atomic E-state index is -1.67. The van der Waals surface area contributed by atoms with Crippen LogP contribution in [0.4, 0.5) is 0 Å². The first-order valence-electron chi connectivity index (χ1n) is 14.5. The van der Waals surface area contributed by atoms with Gasteiger partial charge in [0, 0.05) is 41.9 Å². The van der Waals surface area contributed by atoms with E-state index in [1.54, 1.807) is 13.0 Å². The first kappa shape index (κ1) is 29.5. The summed E-state index contributed by atoms with van der Waals surface area (Å²) in [4.78, 5) is 56.9. The van der Waals surface area contributed by atoms with Crippen molar-refractivity contribution in [1.29, 1.82) is 0 Å². The van der Waals surface area contributed by atoms with Crippen LogP contribution < -0.4 is 5.32 Å². The van der Waals surface area contributed by atoms with E-state index in [-0.39, 0.29) is 11.8 Å². The van der Waals surface area contributed by atoms with Gasteiger partial charge < -0.3 is 20.1 Å². The predicted octanol–water partition coefficient (Wildman–Crippen LogP) is 4.16. The number of para-hydroxylation sites is 1. The maximum Gasteiger partial charge on any atom is 0.303 e. The van der Waals surface area contributed by atoms with Crippen LogP contribution in [0.2, 0.25) is 0 Å². The summed E-state index contributed by atoms with van der Waals surface area (Å²) < 4.78 is 5.34. The zero-order valence-corrected chi connectivity index (χ0v) is 24.4.